The van der Waals surface area contributed by atoms with Gasteiger partial charge in [0.25, 0.3) is 0 Å². The first-order valence-corrected chi connectivity index (χ1v) is 4.67. The van der Waals surface area contributed by atoms with Crippen molar-refractivity contribution in [3.63, 3.8) is 0 Å². The number of hydrogen-bond acceptors (Lipinski definition) is 4. The van der Waals surface area contributed by atoms with Crippen LogP contribution in [0.5, 0.6) is 0 Å². The van der Waals surface area contributed by atoms with Crippen molar-refractivity contribution < 1.29 is 9.90 Å². The number of aromatic nitrogens is 3. The van der Waals surface area contributed by atoms with Gasteiger partial charge in [-0.05, 0) is 25.1 Å². The van der Waals surface area contributed by atoms with Gasteiger partial charge in [-0.1, -0.05) is 6.07 Å². The minimum atomic E-state index is -1.07. The Hall–Kier alpha value is -2.30. The zero-order valence-electron chi connectivity index (χ0n) is 8.58. The molecule has 2 aromatic heterocycles. The number of carboxylic acids is 1. The molecule has 2 aromatic rings. The van der Waals surface area contributed by atoms with Gasteiger partial charge in [-0.3, -0.25) is 4.98 Å². The first-order chi connectivity index (χ1) is 7.66. The van der Waals surface area contributed by atoms with Crippen LogP contribution in [-0.4, -0.2) is 26.0 Å². The van der Waals surface area contributed by atoms with Crippen molar-refractivity contribution in [3.8, 4) is 11.4 Å². The average Bonchev–Trinajstić information content (AvgIpc) is 2.29. The smallest absolute Gasteiger partial charge is 0.354 e. The molecule has 0 saturated heterocycles. The third-order valence-corrected chi connectivity index (χ3v) is 1.98. The Morgan fingerprint density at radius 1 is 1.25 bits per heavy atom. The largest absolute Gasteiger partial charge is 0.477 e. The zero-order valence-corrected chi connectivity index (χ0v) is 8.58. The molecular weight excluding hydrogens is 206 g/mol. The summed E-state index contributed by atoms with van der Waals surface area (Å²) in [5.41, 5.74) is 1.13. The maximum absolute atomic E-state index is 10.8. The number of pyridine rings is 1. The highest BCUT2D eigenvalue weighted by Gasteiger charge is 2.09. The van der Waals surface area contributed by atoms with E-state index < -0.39 is 5.97 Å². The molecule has 0 spiro atoms. The molecule has 2 heterocycles. The average molecular weight is 215 g/mol. The van der Waals surface area contributed by atoms with Crippen LogP contribution in [0, 0.1) is 6.92 Å². The standard InChI is InChI=1S/C11H9N3O2/c1-7-13-9(6-10(14-7)11(15)16)8-4-2-3-5-12-8/h2-6H,1H3,(H,15,16). The molecule has 0 aliphatic carbocycles. The second-order valence-electron chi connectivity index (χ2n) is 3.21. The fourth-order valence-corrected chi connectivity index (χ4v) is 1.32. The molecule has 5 nitrogen and oxygen atoms in total. The van der Waals surface area contributed by atoms with Crippen molar-refractivity contribution in [2.24, 2.45) is 0 Å². The highest BCUT2D eigenvalue weighted by Crippen LogP contribution is 2.14. The van der Waals surface area contributed by atoms with Gasteiger partial charge >= 0.3 is 5.97 Å². The Kier molecular flexibility index (Phi) is 2.59. The molecule has 2 rings (SSSR count). The van der Waals surface area contributed by atoms with Crippen LogP contribution < -0.4 is 0 Å². The number of hydrogen-bond donors (Lipinski definition) is 1. The van der Waals surface area contributed by atoms with E-state index in [-0.39, 0.29) is 5.69 Å². The third kappa shape index (κ3) is 2.03. The molecule has 0 bridgehead atoms. The normalized spacial score (nSPS) is 10.1. The molecule has 80 valence electrons. The SMILES string of the molecule is Cc1nc(C(=O)O)cc(-c2ccccn2)n1. The maximum atomic E-state index is 10.8. The van der Waals surface area contributed by atoms with Crippen molar-refractivity contribution >= 4 is 5.97 Å². The van der Waals surface area contributed by atoms with E-state index in [1.807, 2.05) is 6.07 Å². The number of nitrogens with zero attached hydrogens (tertiary/aromatic N) is 3. The first-order valence-electron chi connectivity index (χ1n) is 4.67. The first kappa shape index (κ1) is 10.2. The van der Waals surface area contributed by atoms with Crippen LogP contribution in [0.15, 0.2) is 30.5 Å². The van der Waals surface area contributed by atoms with Gasteiger partial charge in [-0.2, -0.15) is 0 Å². The van der Waals surface area contributed by atoms with E-state index in [1.54, 1.807) is 25.3 Å². The van der Waals surface area contributed by atoms with Crippen molar-refractivity contribution in [2.45, 2.75) is 6.92 Å². The van der Waals surface area contributed by atoms with Crippen molar-refractivity contribution in [2.75, 3.05) is 0 Å². The summed E-state index contributed by atoms with van der Waals surface area (Å²) in [6.45, 7) is 1.65. The summed E-state index contributed by atoms with van der Waals surface area (Å²) in [5.74, 6) is -0.650. The molecular formula is C11H9N3O2. The Morgan fingerprint density at radius 2 is 2.06 bits per heavy atom. The quantitative estimate of drug-likeness (QED) is 0.822. The second kappa shape index (κ2) is 4.06. The fourth-order valence-electron chi connectivity index (χ4n) is 1.32. The van der Waals surface area contributed by atoms with Crippen LogP contribution in [0.2, 0.25) is 0 Å². The van der Waals surface area contributed by atoms with Crippen LogP contribution in [0.25, 0.3) is 11.4 Å². The molecule has 0 amide bonds. The number of rotatable bonds is 2. The van der Waals surface area contributed by atoms with Gasteiger partial charge in [0.1, 0.15) is 5.82 Å². The zero-order chi connectivity index (χ0) is 11.5. The summed E-state index contributed by atoms with van der Waals surface area (Å²) in [6.07, 6.45) is 1.63. The predicted molar refractivity (Wildman–Crippen MR) is 57.0 cm³/mol. The van der Waals surface area contributed by atoms with Crippen LogP contribution in [0.1, 0.15) is 16.3 Å². The Bertz CT molecular complexity index is 526. The van der Waals surface area contributed by atoms with Gasteiger partial charge in [0.2, 0.25) is 0 Å². The summed E-state index contributed by atoms with van der Waals surface area (Å²) < 4.78 is 0. The molecule has 0 saturated carbocycles. The predicted octanol–water partition coefficient (Wildman–Crippen LogP) is 1.55. The van der Waals surface area contributed by atoms with Crippen molar-refractivity contribution in [1.29, 1.82) is 0 Å². The summed E-state index contributed by atoms with van der Waals surface area (Å²) >= 11 is 0. The lowest BCUT2D eigenvalue weighted by Crippen LogP contribution is -2.04. The molecule has 0 radical (unpaired) electrons. The summed E-state index contributed by atoms with van der Waals surface area (Å²) in [5, 5.41) is 8.87. The Labute approximate surface area is 91.8 Å². The van der Waals surface area contributed by atoms with Crippen molar-refractivity contribution in [1.82, 2.24) is 15.0 Å². The van der Waals surface area contributed by atoms with Gasteiger partial charge < -0.3 is 5.11 Å². The van der Waals surface area contributed by atoms with Crippen LogP contribution >= 0.6 is 0 Å². The topological polar surface area (TPSA) is 76.0 Å². The third-order valence-electron chi connectivity index (χ3n) is 1.98. The maximum Gasteiger partial charge on any atom is 0.354 e. The number of carbonyl (C=O) groups is 1. The molecule has 0 aromatic carbocycles. The van der Waals surface area contributed by atoms with Gasteiger partial charge in [0.15, 0.2) is 5.69 Å². The summed E-state index contributed by atoms with van der Waals surface area (Å²) in [6, 6.07) is 6.79. The van der Waals surface area contributed by atoms with E-state index in [0.717, 1.165) is 0 Å². The van der Waals surface area contributed by atoms with Gasteiger partial charge in [0, 0.05) is 6.20 Å². The molecule has 16 heavy (non-hydrogen) atoms. The van der Waals surface area contributed by atoms with Crippen LogP contribution in [-0.2, 0) is 0 Å². The summed E-state index contributed by atoms with van der Waals surface area (Å²) in [7, 11) is 0. The number of carboxylic acid groups (broad SMARTS) is 1. The lowest BCUT2D eigenvalue weighted by atomic mass is 10.2. The Balaban J connectivity index is 2.54. The number of aryl methyl sites for hydroxylation is 1. The van der Waals surface area contributed by atoms with Crippen LogP contribution in [0.4, 0.5) is 0 Å². The van der Waals surface area contributed by atoms with Crippen molar-refractivity contribution in [3.05, 3.63) is 42.0 Å². The number of aromatic carboxylic acids is 1. The van der Waals surface area contributed by atoms with E-state index in [0.29, 0.717) is 17.2 Å². The minimum Gasteiger partial charge on any atom is -0.477 e. The molecule has 5 heteroatoms. The highest BCUT2D eigenvalue weighted by molar-refractivity contribution is 5.86. The molecule has 0 aliphatic rings. The monoisotopic (exact) mass is 215 g/mol. The molecule has 0 fully saturated rings. The van der Waals surface area contributed by atoms with Gasteiger partial charge in [-0.15, -0.1) is 0 Å². The summed E-state index contributed by atoms with van der Waals surface area (Å²) in [4.78, 5) is 22.9. The second-order valence-corrected chi connectivity index (χ2v) is 3.21. The van der Waals surface area contributed by atoms with E-state index in [1.165, 1.54) is 6.07 Å². The minimum absolute atomic E-state index is 0.0202. The lowest BCUT2D eigenvalue weighted by molar-refractivity contribution is 0.0690. The highest BCUT2D eigenvalue weighted by atomic mass is 16.4. The van der Waals surface area contributed by atoms with Crippen LogP contribution in [0.3, 0.4) is 0 Å². The van der Waals surface area contributed by atoms with E-state index >= 15 is 0 Å². The molecule has 0 atom stereocenters. The molecule has 0 aliphatic heterocycles. The van der Waals surface area contributed by atoms with Gasteiger partial charge in [-0.25, -0.2) is 14.8 Å². The molecule has 0 unspecified atom stereocenters. The Morgan fingerprint density at radius 3 is 2.69 bits per heavy atom. The molecule has 1 N–H and O–H groups in total. The van der Waals surface area contributed by atoms with E-state index in [2.05, 4.69) is 15.0 Å². The lowest BCUT2D eigenvalue weighted by Gasteiger charge is -2.02. The fraction of sp³-hybridized carbons (Fsp3) is 0.0909. The van der Waals surface area contributed by atoms with E-state index in [4.69, 9.17) is 5.11 Å². The van der Waals surface area contributed by atoms with E-state index in [9.17, 15) is 4.79 Å². The van der Waals surface area contributed by atoms with Gasteiger partial charge in [0.05, 0.1) is 11.4 Å².